The van der Waals surface area contributed by atoms with Crippen molar-refractivity contribution in [1.29, 1.82) is 0 Å². The molecule has 1 fully saturated rings. The summed E-state index contributed by atoms with van der Waals surface area (Å²) in [4.78, 5) is 33.4. The first-order valence-corrected chi connectivity index (χ1v) is 12.5. The lowest BCUT2D eigenvalue weighted by molar-refractivity contribution is -0.125. The number of nitrogens with zero attached hydrogens (tertiary/aromatic N) is 4. The van der Waals surface area contributed by atoms with Gasteiger partial charge in [0.1, 0.15) is 11.5 Å². The average Bonchev–Trinajstić information content (AvgIpc) is 3.32. The summed E-state index contributed by atoms with van der Waals surface area (Å²) < 4.78 is 12.1. The van der Waals surface area contributed by atoms with Gasteiger partial charge in [-0.15, -0.1) is 5.10 Å². The van der Waals surface area contributed by atoms with Crippen molar-refractivity contribution >= 4 is 27.3 Å². The van der Waals surface area contributed by atoms with Crippen molar-refractivity contribution in [3.63, 3.8) is 0 Å². The standard InChI is InChI=1S/C24H29N5O4S/c1-32-17-10-9-15(20(12-17)33-2)13-25-21(30)16-6-5-11-28(14-16)24-27-29-22(31)18-7-3-4-8-19(18)26-23(29)34-24/h9-10,12,16H,3-8,11,13-14H2,1-2H3,(H,25,30). The smallest absolute Gasteiger partial charge is 0.278 e. The molecule has 1 atom stereocenters. The number of carbonyl (C=O) groups excluding carboxylic acids is 1. The van der Waals surface area contributed by atoms with Gasteiger partial charge in [0.05, 0.1) is 25.8 Å². The molecule has 5 rings (SSSR count). The molecule has 1 saturated heterocycles. The molecule has 2 aromatic heterocycles. The van der Waals surface area contributed by atoms with Crippen molar-refractivity contribution in [3.05, 3.63) is 45.4 Å². The SMILES string of the molecule is COc1ccc(CNC(=O)C2CCCN(c3nn4c(=O)c5c(nc4s3)CCCC5)C2)c(OC)c1. The fourth-order valence-corrected chi connectivity index (χ4v) is 5.73. The fourth-order valence-electron chi connectivity index (χ4n) is 4.78. The van der Waals surface area contributed by atoms with E-state index in [0.717, 1.165) is 67.0 Å². The highest BCUT2D eigenvalue weighted by Crippen LogP contribution is 2.29. The summed E-state index contributed by atoms with van der Waals surface area (Å²) in [5.74, 6) is 1.25. The number of carbonyl (C=O) groups is 1. The summed E-state index contributed by atoms with van der Waals surface area (Å²) in [5, 5.41) is 8.40. The Balaban J connectivity index is 1.28. The number of nitrogens with one attached hydrogen (secondary N) is 1. The number of aromatic nitrogens is 3. The van der Waals surface area contributed by atoms with Gasteiger partial charge < -0.3 is 19.7 Å². The van der Waals surface area contributed by atoms with Crippen molar-refractivity contribution < 1.29 is 14.3 Å². The highest BCUT2D eigenvalue weighted by Gasteiger charge is 2.28. The summed E-state index contributed by atoms with van der Waals surface area (Å²) in [6, 6.07) is 5.56. The molecule has 0 bridgehead atoms. The second-order valence-corrected chi connectivity index (χ2v) is 9.74. The molecule has 3 aromatic rings. The van der Waals surface area contributed by atoms with Crippen LogP contribution >= 0.6 is 11.3 Å². The van der Waals surface area contributed by atoms with Crippen LogP contribution in [0.5, 0.6) is 11.5 Å². The van der Waals surface area contributed by atoms with Crippen molar-refractivity contribution in [2.45, 2.75) is 45.1 Å². The van der Waals surface area contributed by atoms with E-state index in [4.69, 9.17) is 14.5 Å². The van der Waals surface area contributed by atoms with Crippen LogP contribution in [0.1, 0.15) is 42.5 Å². The number of rotatable bonds is 6. The van der Waals surface area contributed by atoms with Crippen LogP contribution in [0.3, 0.4) is 0 Å². The van der Waals surface area contributed by atoms with E-state index in [-0.39, 0.29) is 17.4 Å². The third-order valence-electron chi connectivity index (χ3n) is 6.68. The Hall–Kier alpha value is -3.14. The van der Waals surface area contributed by atoms with Gasteiger partial charge >= 0.3 is 0 Å². The lowest BCUT2D eigenvalue weighted by Gasteiger charge is -2.31. The number of hydrogen-bond donors (Lipinski definition) is 1. The molecule has 2 aliphatic rings. The van der Waals surface area contributed by atoms with Crippen LogP contribution in [0.15, 0.2) is 23.0 Å². The Labute approximate surface area is 201 Å². The van der Waals surface area contributed by atoms with Crippen LogP contribution in [-0.2, 0) is 24.2 Å². The van der Waals surface area contributed by atoms with Gasteiger partial charge in [0, 0.05) is 36.8 Å². The maximum Gasteiger partial charge on any atom is 0.278 e. The zero-order chi connectivity index (χ0) is 23.7. The molecule has 0 spiro atoms. The van der Waals surface area contributed by atoms with Gasteiger partial charge in [-0.05, 0) is 50.7 Å². The Bertz CT molecular complexity index is 1270. The minimum atomic E-state index is -0.150. The van der Waals surface area contributed by atoms with E-state index >= 15 is 0 Å². The van der Waals surface area contributed by atoms with Gasteiger partial charge in [-0.2, -0.15) is 4.52 Å². The predicted octanol–water partition coefficient (Wildman–Crippen LogP) is 2.58. The van der Waals surface area contributed by atoms with Gasteiger partial charge in [-0.25, -0.2) is 4.98 Å². The predicted molar refractivity (Wildman–Crippen MR) is 130 cm³/mol. The van der Waals surface area contributed by atoms with E-state index in [2.05, 4.69) is 15.3 Å². The van der Waals surface area contributed by atoms with Crippen LogP contribution in [0.2, 0.25) is 0 Å². The van der Waals surface area contributed by atoms with Gasteiger partial charge in [-0.3, -0.25) is 9.59 Å². The first kappa shape index (κ1) is 22.6. The summed E-state index contributed by atoms with van der Waals surface area (Å²) in [7, 11) is 3.21. The Morgan fingerprint density at radius 2 is 2.06 bits per heavy atom. The molecule has 1 aliphatic heterocycles. The first-order chi connectivity index (χ1) is 16.6. The second-order valence-electron chi connectivity index (χ2n) is 8.81. The molecule has 10 heteroatoms. The number of piperidine rings is 1. The quantitative estimate of drug-likeness (QED) is 0.575. The minimum absolute atomic E-state index is 0.00874. The van der Waals surface area contributed by atoms with Gasteiger partial charge in [0.2, 0.25) is 16.0 Å². The number of hydrogen-bond acceptors (Lipinski definition) is 8. The minimum Gasteiger partial charge on any atom is -0.497 e. The van der Waals surface area contributed by atoms with E-state index in [1.165, 1.54) is 15.9 Å². The van der Waals surface area contributed by atoms with E-state index in [1.807, 2.05) is 18.2 Å². The fraction of sp³-hybridized carbons (Fsp3) is 0.500. The van der Waals surface area contributed by atoms with Gasteiger partial charge in [-0.1, -0.05) is 11.3 Å². The van der Waals surface area contributed by atoms with Crippen molar-refractivity contribution in [2.75, 3.05) is 32.2 Å². The van der Waals surface area contributed by atoms with Crippen molar-refractivity contribution in [2.24, 2.45) is 5.92 Å². The molecule has 1 aliphatic carbocycles. The number of anilines is 1. The molecule has 1 aromatic carbocycles. The number of fused-ring (bicyclic) bond motifs is 2. The molecule has 3 heterocycles. The third-order valence-corrected chi connectivity index (χ3v) is 7.65. The lowest BCUT2D eigenvalue weighted by atomic mass is 9.97. The zero-order valence-corrected chi connectivity index (χ0v) is 20.3. The number of amides is 1. The second kappa shape index (κ2) is 9.61. The van der Waals surface area contributed by atoms with E-state index in [0.29, 0.717) is 29.5 Å². The van der Waals surface area contributed by atoms with Crippen LogP contribution in [-0.4, -0.2) is 47.8 Å². The van der Waals surface area contributed by atoms with Crippen LogP contribution < -0.4 is 25.2 Å². The zero-order valence-electron chi connectivity index (χ0n) is 19.5. The summed E-state index contributed by atoms with van der Waals surface area (Å²) in [6.45, 7) is 1.76. The monoisotopic (exact) mass is 483 g/mol. The van der Waals surface area contributed by atoms with Gasteiger partial charge in [0.15, 0.2) is 0 Å². The average molecular weight is 484 g/mol. The number of benzene rings is 1. The first-order valence-electron chi connectivity index (χ1n) is 11.7. The van der Waals surface area contributed by atoms with Crippen LogP contribution in [0.4, 0.5) is 5.13 Å². The van der Waals surface area contributed by atoms with E-state index < -0.39 is 0 Å². The summed E-state index contributed by atoms with van der Waals surface area (Å²) in [6.07, 6.45) is 5.45. The Morgan fingerprint density at radius 3 is 2.88 bits per heavy atom. The summed E-state index contributed by atoms with van der Waals surface area (Å²) >= 11 is 1.43. The molecule has 180 valence electrons. The Kier molecular flexibility index (Phi) is 6.40. The maximum atomic E-state index is 13.0. The number of methoxy groups -OCH3 is 2. The molecule has 1 N–H and O–H groups in total. The molecular weight excluding hydrogens is 454 g/mol. The number of ether oxygens (including phenoxy) is 2. The maximum absolute atomic E-state index is 13.0. The largest absolute Gasteiger partial charge is 0.497 e. The molecule has 1 amide bonds. The summed E-state index contributed by atoms with van der Waals surface area (Å²) in [5.41, 5.74) is 2.59. The van der Waals surface area contributed by atoms with Crippen molar-refractivity contribution in [1.82, 2.24) is 19.9 Å². The van der Waals surface area contributed by atoms with Crippen LogP contribution in [0, 0.1) is 5.92 Å². The van der Waals surface area contributed by atoms with E-state index in [1.54, 1.807) is 14.2 Å². The van der Waals surface area contributed by atoms with E-state index in [9.17, 15) is 9.59 Å². The molecule has 9 nitrogen and oxygen atoms in total. The molecule has 34 heavy (non-hydrogen) atoms. The molecule has 0 radical (unpaired) electrons. The Morgan fingerprint density at radius 1 is 1.21 bits per heavy atom. The topological polar surface area (TPSA) is 98.1 Å². The molecule has 1 unspecified atom stereocenters. The molecule has 0 saturated carbocycles. The molecular formula is C24H29N5O4S. The lowest BCUT2D eigenvalue weighted by Crippen LogP contribution is -2.43. The highest BCUT2D eigenvalue weighted by molar-refractivity contribution is 7.20. The van der Waals surface area contributed by atoms with Crippen molar-refractivity contribution in [3.8, 4) is 11.5 Å². The highest BCUT2D eigenvalue weighted by atomic mass is 32.1. The number of aryl methyl sites for hydroxylation is 1. The normalized spacial score (nSPS) is 17.9. The third kappa shape index (κ3) is 4.34. The van der Waals surface area contributed by atoms with Gasteiger partial charge in [0.25, 0.3) is 5.56 Å². The van der Waals surface area contributed by atoms with Crippen LogP contribution in [0.25, 0.3) is 4.96 Å².